The van der Waals surface area contributed by atoms with Crippen LogP contribution in [0.25, 0.3) is 0 Å². The van der Waals surface area contributed by atoms with Gasteiger partial charge in [-0.05, 0) is 37.3 Å². The van der Waals surface area contributed by atoms with E-state index in [-0.39, 0.29) is 5.91 Å². The third-order valence-corrected chi connectivity index (χ3v) is 3.52. The number of carbonyl (C=O) groups excluding carboxylic acids is 1. The van der Waals surface area contributed by atoms with Gasteiger partial charge in [0.2, 0.25) is 5.91 Å². The van der Waals surface area contributed by atoms with Crippen LogP contribution in [0.4, 0.5) is 0 Å². The van der Waals surface area contributed by atoms with Gasteiger partial charge in [-0.15, -0.1) is 0 Å². The van der Waals surface area contributed by atoms with Crippen molar-refractivity contribution in [1.29, 1.82) is 0 Å². The number of carbonyl (C=O) groups is 1. The van der Waals surface area contributed by atoms with Crippen molar-refractivity contribution in [1.82, 2.24) is 5.32 Å². The molecule has 1 amide bonds. The van der Waals surface area contributed by atoms with Crippen molar-refractivity contribution in [2.45, 2.75) is 31.7 Å². The maximum Gasteiger partial charge on any atom is 0.237 e. The van der Waals surface area contributed by atoms with Crippen molar-refractivity contribution in [3.63, 3.8) is 0 Å². The second kappa shape index (κ2) is 4.86. The first-order valence-electron chi connectivity index (χ1n) is 4.84. The van der Waals surface area contributed by atoms with Crippen LogP contribution in [0, 0.1) is 0 Å². The molecule has 4 heteroatoms. The zero-order chi connectivity index (χ0) is 9.73. The summed E-state index contributed by atoms with van der Waals surface area (Å²) in [6, 6.07) is 0. The largest absolute Gasteiger partial charge is 0.368 e. The number of nitrogens with one attached hydrogen (secondary N) is 1. The van der Waals surface area contributed by atoms with E-state index in [4.69, 9.17) is 5.73 Å². The van der Waals surface area contributed by atoms with E-state index in [1.165, 1.54) is 0 Å². The highest BCUT2D eigenvalue weighted by atomic mass is 32.2. The maximum atomic E-state index is 11.3. The van der Waals surface area contributed by atoms with E-state index in [0.29, 0.717) is 0 Å². The second-order valence-electron chi connectivity index (χ2n) is 3.49. The van der Waals surface area contributed by atoms with Gasteiger partial charge in [0.05, 0.1) is 5.54 Å². The molecule has 1 rings (SSSR count). The predicted molar refractivity (Wildman–Crippen MR) is 56.8 cm³/mol. The van der Waals surface area contributed by atoms with Gasteiger partial charge in [0.15, 0.2) is 0 Å². The molecule has 3 nitrogen and oxygen atoms in total. The lowest BCUT2D eigenvalue weighted by Crippen LogP contribution is -2.57. The molecule has 1 saturated heterocycles. The number of primary amides is 1. The number of hydrogen-bond donors (Lipinski definition) is 2. The summed E-state index contributed by atoms with van der Waals surface area (Å²) in [5.41, 5.74) is 5.03. The van der Waals surface area contributed by atoms with Crippen molar-refractivity contribution < 1.29 is 4.79 Å². The Morgan fingerprint density at radius 3 is 2.62 bits per heavy atom. The third-order valence-electron chi connectivity index (χ3n) is 2.53. The van der Waals surface area contributed by atoms with Crippen LogP contribution in [-0.4, -0.2) is 29.5 Å². The maximum absolute atomic E-state index is 11.3. The quantitative estimate of drug-likeness (QED) is 0.707. The first-order valence-corrected chi connectivity index (χ1v) is 5.99. The van der Waals surface area contributed by atoms with Crippen LogP contribution in [0.2, 0.25) is 0 Å². The molecular formula is C9H18N2OS. The Hall–Kier alpha value is -0.220. The fourth-order valence-corrected chi connectivity index (χ4v) is 2.78. The summed E-state index contributed by atoms with van der Waals surface area (Å²) >= 11 is 1.90. The van der Waals surface area contributed by atoms with Crippen LogP contribution in [0.5, 0.6) is 0 Å². The van der Waals surface area contributed by atoms with Crippen molar-refractivity contribution in [3.05, 3.63) is 0 Å². The van der Waals surface area contributed by atoms with Crippen LogP contribution < -0.4 is 11.1 Å². The van der Waals surface area contributed by atoms with E-state index in [0.717, 1.165) is 37.3 Å². The average molecular weight is 202 g/mol. The fraction of sp³-hybridized carbons (Fsp3) is 0.889. The first kappa shape index (κ1) is 10.9. The minimum absolute atomic E-state index is 0.179. The molecule has 0 spiro atoms. The van der Waals surface area contributed by atoms with Gasteiger partial charge in [0, 0.05) is 0 Å². The molecule has 0 aliphatic carbocycles. The highest BCUT2D eigenvalue weighted by Crippen LogP contribution is 2.26. The van der Waals surface area contributed by atoms with Gasteiger partial charge in [0.1, 0.15) is 0 Å². The summed E-state index contributed by atoms with van der Waals surface area (Å²) in [5.74, 6) is 1.90. The van der Waals surface area contributed by atoms with Crippen molar-refractivity contribution in [2.24, 2.45) is 5.73 Å². The standard InChI is InChI=1S/C9H18N2OS/c1-2-5-11-9(8(10)12)3-6-13-7-4-9/h11H,2-7H2,1H3,(H2,10,12). The summed E-state index contributed by atoms with van der Waals surface area (Å²) in [6.07, 6.45) is 2.81. The molecule has 0 bridgehead atoms. The Balaban J connectivity index is 2.56. The van der Waals surface area contributed by atoms with Gasteiger partial charge in [-0.2, -0.15) is 11.8 Å². The van der Waals surface area contributed by atoms with Crippen LogP contribution in [0.15, 0.2) is 0 Å². The van der Waals surface area contributed by atoms with Gasteiger partial charge in [-0.1, -0.05) is 6.92 Å². The number of hydrogen-bond acceptors (Lipinski definition) is 3. The van der Waals surface area contributed by atoms with Crippen LogP contribution in [0.1, 0.15) is 26.2 Å². The highest BCUT2D eigenvalue weighted by molar-refractivity contribution is 7.99. The zero-order valence-corrected chi connectivity index (χ0v) is 8.95. The van der Waals surface area contributed by atoms with E-state index < -0.39 is 5.54 Å². The van der Waals surface area contributed by atoms with Crippen LogP contribution >= 0.6 is 11.8 Å². The molecule has 1 heterocycles. The minimum Gasteiger partial charge on any atom is -0.368 e. The number of nitrogens with two attached hydrogens (primary N) is 1. The third kappa shape index (κ3) is 2.61. The molecule has 1 aliphatic heterocycles. The molecule has 76 valence electrons. The Morgan fingerprint density at radius 1 is 1.54 bits per heavy atom. The van der Waals surface area contributed by atoms with E-state index in [9.17, 15) is 4.79 Å². The smallest absolute Gasteiger partial charge is 0.237 e. The fourth-order valence-electron chi connectivity index (χ4n) is 1.59. The molecule has 0 aromatic heterocycles. The van der Waals surface area contributed by atoms with E-state index in [2.05, 4.69) is 12.2 Å². The normalized spacial score (nSPS) is 21.3. The molecule has 1 fully saturated rings. The Labute approximate surface area is 83.8 Å². The lowest BCUT2D eigenvalue weighted by Gasteiger charge is -2.34. The Kier molecular flexibility index (Phi) is 4.06. The molecule has 0 aromatic carbocycles. The van der Waals surface area contributed by atoms with E-state index in [1.54, 1.807) is 0 Å². The first-order chi connectivity index (χ1) is 6.21. The van der Waals surface area contributed by atoms with Gasteiger partial charge in [-0.3, -0.25) is 4.79 Å². The van der Waals surface area contributed by atoms with Crippen molar-refractivity contribution in [3.8, 4) is 0 Å². The lowest BCUT2D eigenvalue weighted by molar-refractivity contribution is -0.124. The number of amides is 1. The second-order valence-corrected chi connectivity index (χ2v) is 4.71. The average Bonchev–Trinajstić information content (AvgIpc) is 2.16. The van der Waals surface area contributed by atoms with E-state index in [1.807, 2.05) is 11.8 Å². The van der Waals surface area contributed by atoms with Gasteiger partial charge in [0.25, 0.3) is 0 Å². The summed E-state index contributed by atoms with van der Waals surface area (Å²) in [6.45, 7) is 2.98. The SMILES string of the molecule is CCCNC1(C(N)=O)CCSCC1. The summed E-state index contributed by atoms with van der Waals surface area (Å²) in [5, 5.41) is 3.30. The van der Waals surface area contributed by atoms with Gasteiger partial charge >= 0.3 is 0 Å². The molecule has 0 unspecified atom stereocenters. The topological polar surface area (TPSA) is 55.1 Å². The lowest BCUT2D eigenvalue weighted by atomic mass is 9.91. The highest BCUT2D eigenvalue weighted by Gasteiger charge is 2.37. The van der Waals surface area contributed by atoms with Gasteiger partial charge in [-0.25, -0.2) is 0 Å². The van der Waals surface area contributed by atoms with Crippen LogP contribution in [0.3, 0.4) is 0 Å². The van der Waals surface area contributed by atoms with Crippen molar-refractivity contribution in [2.75, 3.05) is 18.1 Å². The monoisotopic (exact) mass is 202 g/mol. The number of rotatable bonds is 4. The summed E-state index contributed by atoms with van der Waals surface area (Å²) in [4.78, 5) is 11.3. The van der Waals surface area contributed by atoms with Gasteiger partial charge < -0.3 is 11.1 Å². The Morgan fingerprint density at radius 2 is 2.15 bits per heavy atom. The molecule has 13 heavy (non-hydrogen) atoms. The summed E-state index contributed by atoms with van der Waals surface area (Å²) < 4.78 is 0. The van der Waals surface area contributed by atoms with Crippen molar-refractivity contribution >= 4 is 17.7 Å². The molecule has 0 aromatic rings. The molecule has 0 saturated carbocycles. The Bertz CT molecular complexity index is 178. The molecule has 0 atom stereocenters. The van der Waals surface area contributed by atoms with E-state index >= 15 is 0 Å². The minimum atomic E-state index is -0.402. The number of thioether (sulfide) groups is 1. The van der Waals surface area contributed by atoms with Crippen LogP contribution in [-0.2, 0) is 4.79 Å². The molecular weight excluding hydrogens is 184 g/mol. The predicted octanol–water partition coefficient (Wildman–Crippen LogP) is 0.737. The summed E-state index contributed by atoms with van der Waals surface area (Å²) in [7, 11) is 0. The molecule has 3 N–H and O–H groups in total. The molecule has 1 aliphatic rings. The zero-order valence-electron chi connectivity index (χ0n) is 8.14. The molecule has 0 radical (unpaired) electrons.